The van der Waals surface area contributed by atoms with Gasteiger partial charge in [-0.15, -0.1) is 11.3 Å². The minimum absolute atomic E-state index is 0.356. The third kappa shape index (κ3) is 2.92. The van der Waals surface area contributed by atoms with Crippen molar-refractivity contribution in [1.82, 2.24) is 5.32 Å². The van der Waals surface area contributed by atoms with E-state index in [0.717, 1.165) is 17.8 Å². The van der Waals surface area contributed by atoms with Gasteiger partial charge in [0.2, 0.25) is 0 Å². The lowest BCUT2D eigenvalue weighted by Gasteiger charge is -2.15. The number of nitrogens with two attached hydrogens (primary N) is 1. The van der Waals surface area contributed by atoms with Crippen molar-refractivity contribution in [3.05, 3.63) is 51.2 Å². The van der Waals surface area contributed by atoms with Crippen LogP contribution in [-0.2, 0) is 6.54 Å². The van der Waals surface area contributed by atoms with Crippen LogP contribution in [0, 0.1) is 13.8 Å². The van der Waals surface area contributed by atoms with Crippen LogP contribution in [-0.4, -0.2) is 0 Å². The second kappa shape index (κ2) is 5.55. The van der Waals surface area contributed by atoms with Crippen LogP contribution in [0.1, 0.15) is 33.8 Å². The molecule has 0 bridgehead atoms. The Bertz CT molecular complexity index is 531. The van der Waals surface area contributed by atoms with Crippen LogP contribution in [0.25, 0.3) is 0 Å². The van der Waals surface area contributed by atoms with Crippen LogP contribution in [0.3, 0.4) is 0 Å². The molecule has 96 valence electrons. The quantitative estimate of drug-likeness (QED) is 0.821. The Kier molecular flexibility index (Phi) is 4.04. The molecule has 2 aromatic rings. The van der Waals surface area contributed by atoms with Crippen molar-refractivity contribution in [2.45, 2.75) is 33.4 Å². The highest BCUT2D eigenvalue weighted by Crippen LogP contribution is 2.26. The van der Waals surface area contributed by atoms with Crippen LogP contribution in [0.2, 0.25) is 0 Å². The third-order valence-electron chi connectivity index (χ3n) is 3.20. The Labute approximate surface area is 113 Å². The first-order valence-electron chi connectivity index (χ1n) is 6.21. The van der Waals surface area contributed by atoms with Gasteiger partial charge in [-0.3, -0.25) is 0 Å². The van der Waals surface area contributed by atoms with Crippen molar-refractivity contribution >= 4 is 17.0 Å². The highest BCUT2D eigenvalue weighted by Gasteiger charge is 2.11. The molecule has 1 aromatic heterocycles. The van der Waals surface area contributed by atoms with E-state index in [0.29, 0.717) is 6.04 Å². The van der Waals surface area contributed by atoms with Gasteiger partial charge in [-0.2, -0.15) is 0 Å². The number of thiophene rings is 1. The van der Waals surface area contributed by atoms with E-state index in [-0.39, 0.29) is 0 Å². The zero-order chi connectivity index (χ0) is 13.1. The zero-order valence-corrected chi connectivity index (χ0v) is 12.0. The van der Waals surface area contributed by atoms with Crippen molar-refractivity contribution in [1.29, 1.82) is 0 Å². The summed E-state index contributed by atoms with van der Waals surface area (Å²) >= 11 is 1.86. The van der Waals surface area contributed by atoms with Gasteiger partial charge in [-0.05, 0) is 44.0 Å². The van der Waals surface area contributed by atoms with Gasteiger partial charge < -0.3 is 11.1 Å². The van der Waals surface area contributed by atoms with Crippen LogP contribution >= 0.6 is 11.3 Å². The second-order valence-electron chi connectivity index (χ2n) is 4.67. The van der Waals surface area contributed by atoms with E-state index in [1.165, 1.54) is 15.3 Å². The van der Waals surface area contributed by atoms with E-state index in [1.807, 2.05) is 29.5 Å². The molecule has 2 nitrogen and oxygen atoms in total. The zero-order valence-electron chi connectivity index (χ0n) is 11.2. The summed E-state index contributed by atoms with van der Waals surface area (Å²) in [7, 11) is 0. The Balaban J connectivity index is 2.03. The fraction of sp³-hybridized carbons (Fsp3) is 0.333. The van der Waals surface area contributed by atoms with Gasteiger partial charge in [0, 0.05) is 28.0 Å². The average molecular weight is 260 g/mol. The van der Waals surface area contributed by atoms with E-state index in [2.05, 4.69) is 38.2 Å². The maximum Gasteiger partial charge on any atom is 0.0359 e. The smallest absolute Gasteiger partial charge is 0.0359 e. The van der Waals surface area contributed by atoms with Gasteiger partial charge in [0.15, 0.2) is 0 Å². The van der Waals surface area contributed by atoms with Gasteiger partial charge in [-0.25, -0.2) is 0 Å². The molecule has 1 unspecified atom stereocenters. The molecule has 0 saturated carbocycles. The fourth-order valence-corrected chi connectivity index (χ4v) is 3.17. The summed E-state index contributed by atoms with van der Waals surface area (Å²) in [6.07, 6.45) is 0. The third-order valence-corrected chi connectivity index (χ3v) is 4.18. The summed E-state index contributed by atoms with van der Waals surface area (Å²) in [5, 5.41) is 3.54. The summed E-state index contributed by atoms with van der Waals surface area (Å²) in [5.74, 6) is 0. The van der Waals surface area contributed by atoms with Crippen molar-refractivity contribution in [3.63, 3.8) is 0 Å². The highest BCUT2D eigenvalue weighted by molar-refractivity contribution is 7.12. The first-order valence-corrected chi connectivity index (χ1v) is 7.03. The fourth-order valence-electron chi connectivity index (χ4n) is 2.15. The molecule has 0 fully saturated rings. The monoisotopic (exact) mass is 260 g/mol. The maximum absolute atomic E-state index is 5.94. The van der Waals surface area contributed by atoms with Crippen LogP contribution in [0.15, 0.2) is 30.3 Å². The van der Waals surface area contributed by atoms with Gasteiger partial charge in [0.25, 0.3) is 0 Å². The number of aryl methyl sites for hydroxylation is 2. The number of anilines is 1. The van der Waals surface area contributed by atoms with Crippen molar-refractivity contribution < 1.29 is 0 Å². The molecule has 0 aliphatic rings. The van der Waals surface area contributed by atoms with Gasteiger partial charge in [0.05, 0.1) is 0 Å². The molecule has 3 N–H and O–H groups in total. The lowest BCUT2D eigenvalue weighted by Crippen LogP contribution is -2.18. The average Bonchev–Trinajstić information content (AvgIpc) is 2.67. The van der Waals surface area contributed by atoms with Gasteiger partial charge in [0.1, 0.15) is 0 Å². The number of rotatable bonds is 4. The first kappa shape index (κ1) is 13.1. The Hall–Kier alpha value is -1.32. The molecule has 1 aromatic carbocycles. The molecule has 0 amide bonds. The molecule has 0 spiro atoms. The molecule has 2 rings (SSSR count). The lowest BCUT2D eigenvalue weighted by molar-refractivity contribution is 0.575. The van der Waals surface area contributed by atoms with Crippen molar-refractivity contribution in [3.8, 4) is 0 Å². The van der Waals surface area contributed by atoms with E-state index in [1.54, 1.807) is 0 Å². The number of nitrogen functional groups attached to an aromatic ring is 1. The Morgan fingerprint density at radius 3 is 2.61 bits per heavy atom. The maximum atomic E-state index is 5.94. The normalized spacial score (nSPS) is 12.6. The molecule has 0 aliphatic heterocycles. The van der Waals surface area contributed by atoms with Gasteiger partial charge >= 0.3 is 0 Å². The van der Waals surface area contributed by atoms with E-state index < -0.39 is 0 Å². The van der Waals surface area contributed by atoms with E-state index in [4.69, 9.17) is 5.73 Å². The minimum Gasteiger partial charge on any atom is -0.398 e. The van der Waals surface area contributed by atoms with Crippen molar-refractivity contribution in [2.75, 3.05) is 5.73 Å². The molecule has 0 saturated heterocycles. The number of benzene rings is 1. The summed E-state index contributed by atoms with van der Waals surface area (Å²) < 4.78 is 0. The standard InChI is InChI=1S/C15H20N2S/c1-10-8-14(12(3)18-10)11(2)17-9-13-6-4-5-7-15(13)16/h4-8,11,17H,9,16H2,1-3H3. The molecule has 0 aliphatic carbocycles. The Morgan fingerprint density at radius 2 is 2.00 bits per heavy atom. The van der Waals surface area contributed by atoms with Crippen LogP contribution < -0.4 is 11.1 Å². The van der Waals surface area contributed by atoms with Gasteiger partial charge in [-0.1, -0.05) is 18.2 Å². The largest absolute Gasteiger partial charge is 0.398 e. The molecule has 1 heterocycles. The van der Waals surface area contributed by atoms with E-state index >= 15 is 0 Å². The number of para-hydroxylation sites is 1. The predicted octanol–water partition coefficient (Wildman–Crippen LogP) is 3.80. The van der Waals surface area contributed by atoms with Crippen LogP contribution in [0.5, 0.6) is 0 Å². The summed E-state index contributed by atoms with van der Waals surface area (Å²) in [6.45, 7) is 7.35. The highest BCUT2D eigenvalue weighted by atomic mass is 32.1. The summed E-state index contributed by atoms with van der Waals surface area (Å²) in [5.41, 5.74) is 9.35. The van der Waals surface area contributed by atoms with Crippen LogP contribution in [0.4, 0.5) is 5.69 Å². The lowest BCUT2D eigenvalue weighted by atomic mass is 10.1. The number of hydrogen-bond acceptors (Lipinski definition) is 3. The molecule has 18 heavy (non-hydrogen) atoms. The number of hydrogen-bond donors (Lipinski definition) is 2. The van der Waals surface area contributed by atoms with E-state index in [9.17, 15) is 0 Å². The second-order valence-corrected chi connectivity index (χ2v) is 6.13. The first-order chi connectivity index (χ1) is 8.58. The predicted molar refractivity (Wildman–Crippen MR) is 79.9 cm³/mol. The number of nitrogens with one attached hydrogen (secondary N) is 1. The topological polar surface area (TPSA) is 38.0 Å². The molecule has 1 atom stereocenters. The summed E-state index contributed by atoms with van der Waals surface area (Å²) in [4.78, 5) is 2.77. The van der Waals surface area contributed by atoms with Crippen molar-refractivity contribution in [2.24, 2.45) is 0 Å². The molecule has 3 heteroatoms. The molecule has 0 radical (unpaired) electrons. The molecular weight excluding hydrogens is 240 g/mol. The Morgan fingerprint density at radius 1 is 1.28 bits per heavy atom. The molecular formula is C15H20N2S. The minimum atomic E-state index is 0.356. The SMILES string of the molecule is Cc1cc(C(C)NCc2ccccc2N)c(C)s1. The summed E-state index contributed by atoms with van der Waals surface area (Å²) in [6, 6.07) is 10.6.